The minimum atomic E-state index is -1.43. The summed E-state index contributed by atoms with van der Waals surface area (Å²) in [6.07, 6.45) is 8.97. The first-order valence-electron chi connectivity index (χ1n) is 12.5. The average molecular weight is 459 g/mol. The number of hydrogen-bond donors (Lipinski definition) is 2. The van der Waals surface area contributed by atoms with Gasteiger partial charge < -0.3 is 14.9 Å². The molecule has 1 unspecified atom stereocenters. The van der Waals surface area contributed by atoms with Crippen LogP contribution in [0.1, 0.15) is 72.6 Å². The Morgan fingerprint density at radius 1 is 1.27 bits per heavy atom. The van der Waals surface area contributed by atoms with E-state index in [4.69, 9.17) is 4.74 Å². The van der Waals surface area contributed by atoms with Crippen LogP contribution in [-0.4, -0.2) is 46.1 Å². The van der Waals surface area contributed by atoms with E-state index >= 15 is 0 Å². The monoisotopic (exact) mass is 458 g/mol. The molecular weight excluding hydrogens is 420 g/mol. The van der Waals surface area contributed by atoms with Crippen molar-refractivity contribution in [2.45, 2.75) is 84.3 Å². The van der Waals surface area contributed by atoms with Crippen LogP contribution in [0.25, 0.3) is 0 Å². The van der Waals surface area contributed by atoms with Crippen molar-refractivity contribution in [1.29, 1.82) is 0 Å². The molecule has 3 fully saturated rings. The molecule has 33 heavy (non-hydrogen) atoms. The van der Waals surface area contributed by atoms with Crippen LogP contribution in [0, 0.1) is 34.5 Å². The Balaban J connectivity index is 1.75. The van der Waals surface area contributed by atoms with Gasteiger partial charge in [-0.05, 0) is 56.1 Å². The second-order valence-corrected chi connectivity index (χ2v) is 11.2. The standard InChI is InChI=1S/C27H38O6/c1-5-6-7-23(32)33-27(22(31)15-28)16(2)12-20-19-9-8-17-13-18(29)10-11-25(17,3)24(19)21(30)14-26(20,27)4/h10-11,13,16,19-21,24,28,30H,5-9,12,14-15H2,1-4H3/t16-,19-,20-,21-,24?,25-,26-,27-/m0/s1. The summed E-state index contributed by atoms with van der Waals surface area (Å²) >= 11 is 0. The molecule has 4 rings (SSSR count). The maximum atomic E-state index is 13.3. The van der Waals surface area contributed by atoms with Crippen molar-refractivity contribution in [3.63, 3.8) is 0 Å². The van der Waals surface area contributed by atoms with Crippen molar-refractivity contribution in [2.24, 2.45) is 34.5 Å². The summed E-state index contributed by atoms with van der Waals surface area (Å²) in [5.74, 6) is -0.986. The van der Waals surface area contributed by atoms with Crippen LogP contribution in [0.3, 0.4) is 0 Å². The van der Waals surface area contributed by atoms with Crippen LogP contribution >= 0.6 is 0 Å². The van der Waals surface area contributed by atoms with Gasteiger partial charge in [-0.2, -0.15) is 0 Å². The molecule has 6 heteroatoms. The minimum Gasteiger partial charge on any atom is -0.450 e. The highest BCUT2D eigenvalue weighted by molar-refractivity contribution is 6.01. The van der Waals surface area contributed by atoms with E-state index < -0.39 is 40.9 Å². The van der Waals surface area contributed by atoms with Crippen LogP contribution in [0.2, 0.25) is 0 Å². The van der Waals surface area contributed by atoms with Gasteiger partial charge in [0.15, 0.2) is 11.4 Å². The lowest BCUT2D eigenvalue weighted by Gasteiger charge is -2.60. The van der Waals surface area contributed by atoms with Crippen molar-refractivity contribution in [3.05, 3.63) is 23.8 Å². The summed E-state index contributed by atoms with van der Waals surface area (Å²) < 4.78 is 6.08. The number of fused-ring (bicyclic) bond motifs is 5. The van der Waals surface area contributed by atoms with Crippen molar-refractivity contribution in [1.82, 2.24) is 0 Å². The quantitative estimate of drug-likeness (QED) is 0.591. The Morgan fingerprint density at radius 3 is 2.67 bits per heavy atom. The smallest absolute Gasteiger partial charge is 0.306 e. The fourth-order valence-corrected chi connectivity index (χ4v) is 8.18. The average Bonchev–Trinajstić information content (AvgIpc) is 2.99. The zero-order valence-corrected chi connectivity index (χ0v) is 20.3. The number of unbranched alkanes of at least 4 members (excludes halogenated alkanes) is 1. The fraction of sp³-hybridized carbons (Fsp3) is 0.741. The summed E-state index contributed by atoms with van der Waals surface area (Å²) in [4.78, 5) is 38.2. The highest BCUT2D eigenvalue weighted by Crippen LogP contribution is 2.69. The normalized spacial score (nSPS) is 43.9. The van der Waals surface area contributed by atoms with Gasteiger partial charge in [0.2, 0.25) is 5.78 Å². The van der Waals surface area contributed by atoms with Gasteiger partial charge in [-0.3, -0.25) is 14.4 Å². The first kappa shape index (κ1) is 24.3. The van der Waals surface area contributed by atoms with Gasteiger partial charge in [-0.15, -0.1) is 0 Å². The third-order valence-corrected chi connectivity index (χ3v) is 9.60. The molecule has 4 aliphatic rings. The molecule has 0 heterocycles. The molecule has 0 radical (unpaired) electrons. The molecule has 0 aromatic carbocycles. The molecule has 0 amide bonds. The molecule has 0 aromatic rings. The number of ether oxygens (including phenoxy) is 1. The highest BCUT2D eigenvalue weighted by atomic mass is 16.6. The van der Waals surface area contributed by atoms with Gasteiger partial charge in [0.25, 0.3) is 0 Å². The van der Waals surface area contributed by atoms with E-state index in [0.29, 0.717) is 19.3 Å². The molecule has 0 saturated heterocycles. The number of allylic oxidation sites excluding steroid dienone is 4. The largest absolute Gasteiger partial charge is 0.450 e. The maximum Gasteiger partial charge on any atom is 0.306 e. The lowest BCUT2D eigenvalue weighted by molar-refractivity contribution is -0.205. The van der Waals surface area contributed by atoms with Crippen molar-refractivity contribution in [3.8, 4) is 0 Å². The second kappa shape index (κ2) is 8.46. The lowest BCUT2D eigenvalue weighted by Crippen LogP contribution is -2.64. The van der Waals surface area contributed by atoms with Gasteiger partial charge in [-0.25, -0.2) is 0 Å². The number of rotatable bonds is 6. The van der Waals surface area contributed by atoms with E-state index in [1.165, 1.54) is 0 Å². The lowest BCUT2D eigenvalue weighted by atomic mass is 9.46. The summed E-state index contributed by atoms with van der Waals surface area (Å²) in [6, 6.07) is 0. The molecule has 0 aromatic heterocycles. The molecule has 0 aliphatic heterocycles. The van der Waals surface area contributed by atoms with Crippen LogP contribution in [0.15, 0.2) is 23.8 Å². The Kier molecular flexibility index (Phi) is 6.24. The predicted octanol–water partition coefficient (Wildman–Crippen LogP) is 3.54. The highest BCUT2D eigenvalue weighted by Gasteiger charge is 2.72. The zero-order valence-electron chi connectivity index (χ0n) is 20.3. The summed E-state index contributed by atoms with van der Waals surface area (Å²) in [6.45, 7) is 7.34. The fourth-order valence-electron chi connectivity index (χ4n) is 8.18. The Hall–Kier alpha value is -1.79. The number of hydrogen-bond acceptors (Lipinski definition) is 6. The molecule has 4 aliphatic carbocycles. The maximum absolute atomic E-state index is 13.3. The van der Waals surface area contributed by atoms with Gasteiger partial charge in [-0.1, -0.05) is 45.8 Å². The van der Waals surface area contributed by atoms with Gasteiger partial charge in [0.05, 0.1) is 6.10 Å². The summed E-state index contributed by atoms with van der Waals surface area (Å²) in [5, 5.41) is 21.5. The molecule has 0 spiro atoms. The SMILES string of the molecule is CCCCC(=O)O[C@]1(C(=O)CO)[C@@H](C)C[C@H]2[C@@H]3CCC4=CC(=O)C=C[C@]4(C)C3[C@@H](O)C[C@@]21C. The molecule has 2 N–H and O–H groups in total. The molecule has 8 atom stereocenters. The van der Waals surface area contributed by atoms with Crippen LogP contribution < -0.4 is 0 Å². The van der Waals surface area contributed by atoms with E-state index in [2.05, 4.69) is 6.92 Å². The van der Waals surface area contributed by atoms with E-state index in [0.717, 1.165) is 24.8 Å². The Bertz CT molecular complexity index is 904. The Labute approximate surface area is 196 Å². The molecule has 182 valence electrons. The van der Waals surface area contributed by atoms with Gasteiger partial charge >= 0.3 is 5.97 Å². The van der Waals surface area contributed by atoms with Crippen LogP contribution in [0.5, 0.6) is 0 Å². The van der Waals surface area contributed by atoms with Crippen molar-refractivity contribution in [2.75, 3.05) is 6.61 Å². The number of aliphatic hydroxyl groups excluding tert-OH is 2. The van der Waals surface area contributed by atoms with Crippen molar-refractivity contribution >= 4 is 17.5 Å². The summed E-state index contributed by atoms with van der Waals surface area (Å²) in [5.41, 5.74) is -1.52. The first-order chi connectivity index (χ1) is 15.5. The van der Waals surface area contributed by atoms with Crippen molar-refractivity contribution < 1.29 is 29.3 Å². The zero-order chi connectivity index (χ0) is 24.2. The van der Waals surface area contributed by atoms with Gasteiger partial charge in [0.1, 0.15) is 6.61 Å². The van der Waals surface area contributed by atoms with Crippen LogP contribution in [-0.2, 0) is 19.1 Å². The third kappa shape index (κ3) is 3.39. The Morgan fingerprint density at radius 2 is 2.00 bits per heavy atom. The molecular formula is C27H38O6. The number of carbonyl (C=O) groups is 3. The molecule has 0 bridgehead atoms. The number of ketones is 2. The van der Waals surface area contributed by atoms with Crippen LogP contribution in [0.4, 0.5) is 0 Å². The minimum absolute atomic E-state index is 0.00268. The third-order valence-electron chi connectivity index (χ3n) is 9.60. The van der Waals surface area contributed by atoms with E-state index in [1.807, 2.05) is 26.8 Å². The number of esters is 1. The predicted molar refractivity (Wildman–Crippen MR) is 123 cm³/mol. The molecule has 6 nitrogen and oxygen atoms in total. The van der Waals surface area contributed by atoms with E-state index in [-0.39, 0.29) is 35.9 Å². The number of carbonyl (C=O) groups excluding carboxylic acids is 3. The second-order valence-electron chi connectivity index (χ2n) is 11.2. The first-order valence-corrected chi connectivity index (χ1v) is 12.5. The topological polar surface area (TPSA) is 101 Å². The molecule has 3 saturated carbocycles. The summed E-state index contributed by atoms with van der Waals surface area (Å²) in [7, 11) is 0. The van der Waals surface area contributed by atoms with E-state index in [1.54, 1.807) is 12.2 Å². The van der Waals surface area contributed by atoms with Gasteiger partial charge in [0, 0.05) is 29.1 Å². The number of aliphatic hydroxyl groups is 2. The number of Topliss-reactive ketones (excluding diaryl/α,β-unsaturated/α-hetero) is 1. The van der Waals surface area contributed by atoms with E-state index in [9.17, 15) is 24.6 Å².